The van der Waals surface area contributed by atoms with E-state index in [-0.39, 0.29) is 11.8 Å². The molecule has 0 atom stereocenters. The molecule has 144 valence electrons. The average Bonchev–Trinajstić information content (AvgIpc) is 2.72. The normalized spacial score (nSPS) is 14.8. The van der Waals surface area contributed by atoms with E-state index in [1.54, 1.807) is 7.11 Å². The van der Waals surface area contributed by atoms with Gasteiger partial charge in [0.15, 0.2) is 0 Å². The first-order chi connectivity index (χ1) is 13.1. The number of ether oxygens (including phenoxy) is 1. The molecule has 1 heterocycles. The zero-order chi connectivity index (χ0) is 19.1. The smallest absolute Gasteiger partial charge is 0.317 e. The molecular formula is C21H26FN3O2. The summed E-state index contributed by atoms with van der Waals surface area (Å²) in [6.07, 6.45) is 0.893. The number of amides is 2. The molecule has 2 aromatic rings. The molecule has 0 spiro atoms. The molecule has 2 aromatic carbocycles. The van der Waals surface area contributed by atoms with E-state index >= 15 is 0 Å². The molecule has 0 radical (unpaired) electrons. The van der Waals surface area contributed by atoms with Crippen LogP contribution in [0, 0.1) is 5.82 Å². The van der Waals surface area contributed by atoms with Crippen LogP contribution in [-0.4, -0.2) is 55.7 Å². The van der Waals surface area contributed by atoms with E-state index in [9.17, 15) is 9.18 Å². The van der Waals surface area contributed by atoms with E-state index in [2.05, 4.69) is 10.2 Å². The second-order valence-corrected chi connectivity index (χ2v) is 6.71. The lowest BCUT2D eigenvalue weighted by Crippen LogP contribution is -2.51. The van der Waals surface area contributed by atoms with Crippen molar-refractivity contribution in [3.8, 4) is 5.75 Å². The van der Waals surface area contributed by atoms with Crippen molar-refractivity contribution in [3.63, 3.8) is 0 Å². The minimum atomic E-state index is -0.201. The molecule has 2 amide bonds. The van der Waals surface area contributed by atoms with Gasteiger partial charge in [-0.15, -0.1) is 0 Å². The summed E-state index contributed by atoms with van der Waals surface area (Å²) in [6.45, 7) is 4.59. The standard InChI is InChI=1S/C21H26FN3O2/c1-27-20-8-4-18(5-9-20)16-23-21(26)25-14-12-24(13-15-25)11-10-17-2-6-19(22)7-3-17/h2-9H,10-16H2,1H3,(H,23,26). The predicted octanol–water partition coefficient (Wildman–Crippen LogP) is 2.90. The molecule has 5 nitrogen and oxygen atoms in total. The lowest BCUT2D eigenvalue weighted by molar-refractivity contribution is 0.140. The lowest BCUT2D eigenvalue weighted by Gasteiger charge is -2.34. The molecule has 1 aliphatic heterocycles. The summed E-state index contributed by atoms with van der Waals surface area (Å²) in [5.41, 5.74) is 2.18. The van der Waals surface area contributed by atoms with E-state index in [1.165, 1.54) is 12.1 Å². The van der Waals surface area contributed by atoms with Crippen molar-refractivity contribution in [2.45, 2.75) is 13.0 Å². The highest BCUT2D eigenvalue weighted by Gasteiger charge is 2.20. The first-order valence-corrected chi connectivity index (χ1v) is 9.26. The molecule has 6 heteroatoms. The fraction of sp³-hybridized carbons (Fsp3) is 0.381. The number of hydrogen-bond donors (Lipinski definition) is 1. The molecule has 1 saturated heterocycles. The van der Waals surface area contributed by atoms with Gasteiger partial charge in [-0.3, -0.25) is 4.90 Å². The third kappa shape index (κ3) is 5.69. The first kappa shape index (κ1) is 19.2. The van der Waals surface area contributed by atoms with Crippen molar-refractivity contribution >= 4 is 6.03 Å². The number of halogens is 1. The predicted molar refractivity (Wildman–Crippen MR) is 103 cm³/mol. The Bertz CT molecular complexity index is 726. The monoisotopic (exact) mass is 371 g/mol. The highest BCUT2D eigenvalue weighted by Crippen LogP contribution is 2.11. The third-order valence-corrected chi connectivity index (χ3v) is 4.89. The van der Waals surface area contributed by atoms with Gasteiger partial charge >= 0.3 is 6.03 Å². The fourth-order valence-electron chi connectivity index (χ4n) is 3.15. The van der Waals surface area contributed by atoms with E-state index in [1.807, 2.05) is 41.3 Å². The molecule has 0 bridgehead atoms. The van der Waals surface area contributed by atoms with Gasteiger partial charge in [0.1, 0.15) is 11.6 Å². The van der Waals surface area contributed by atoms with Crippen molar-refractivity contribution in [1.82, 2.24) is 15.1 Å². The zero-order valence-electron chi connectivity index (χ0n) is 15.7. The van der Waals surface area contributed by atoms with Gasteiger partial charge in [0, 0.05) is 39.3 Å². The maximum Gasteiger partial charge on any atom is 0.317 e. The van der Waals surface area contributed by atoms with Crippen molar-refractivity contribution in [3.05, 3.63) is 65.5 Å². The Balaban J connectivity index is 1.37. The van der Waals surface area contributed by atoms with Crippen molar-refractivity contribution in [1.29, 1.82) is 0 Å². The van der Waals surface area contributed by atoms with E-state index in [0.717, 1.165) is 56.0 Å². The van der Waals surface area contributed by atoms with Crippen LogP contribution in [0.25, 0.3) is 0 Å². The molecule has 0 saturated carbocycles. The van der Waals surface area contributed by atoms with E-state index < -0.39 is 0 Å². The van der Waals surface area contributed by atoms with Crippen LogP contribution in [0.4, 0.5) is 9.18 Å². The van der Waals surface area contributed by atoms with Crippen LogP contribution in [0.3, 0.4) is 0 Å². The van der Waals surface area contributed by atoms with Crippen LogP contribution >= 0.6 is 0 Å². The average molecular weight is 371 g/mol. The summed E-state index contributed by atoms with van der Waals surface area (Å²) < 4.78 is 18.1. The number of rotatable bonds is 6. The Hall–Kier alpha value is -2.60. The SMILES string of the molecule is COc1ccc(CNC(=O)N2CCN(CCc3ccc(F)cc3)CC2)cc1. The number of benzene rings is 2. The molecule has 3 rings (SSSR count). The van der Waals surface area contributed by atoms with Gasteiger partial charge in [0.2, 0.25) is 0 Å². The van der Waals surface area contributed by atoms with Crippen molar-refractivity contribution in [2.75, 3.05) is 39.8 Å². The first-order valence-electron chi connectivity index (χ1n) is 9.26. The second-order valence-electron chi connectivity index (χ2n) is 6.71. The van der Waals surface area contributed by atoms with Crippen LogP contribution in [0.15, 0.2) is 48.5 Å². The van der Waals surface area contributed by atoms with Crippen LogP contribution < -0.4 is 10.1 Å². The Labute approximate surface area is 159 Å². The Morgan fingerprint density at radius 1 is 1.00 bits per heavy atom. The number of hydrogen-bond acceptors (Lipinski definition) is 3. The number of urea groups is 1. The summed E-state index contributed by atoms with van der Waals surface area (Å²) in [4.78, 5) is 16.6. The van der Waals surface area contributed by atoms with Crippen LogP contribution in [-0.2, 0) is 13.0 Å². The minimum Gasteiger partial charge on any atom is -0.497 e. The Morgan fingerprint density at radius 3 is 2.26 bits per heavy atom. The summed E-state index contributed by atoms with van der Waals surface area (Å²) in [6, 6.07) is 14.3. The third-order valence-electron chi connectivity index (χ3n) is 4.89. The molecule has 1 N–H and O–H groups in total. The molecule has 0 unspecified atom stereocenters. The van der Waals surface area contributed by atoms with Gasteiger partial charge in [-0.1, -0.05) is 24.3 Å². The number of nitrogens with zero attached hydrogens (tertiary/aromatic N) is 2. The maximum atomic E-state index is 12.9. The van der Waals surface area contributed by atoms with Crippen LogP contribution in [0.5, 0.6) is 5.75 Å². The van der Waals surface area contributed by atoms with Gasteiger partial charge in [-0.05, 0) is 41.8 Å². The van der Waals surface area contributed by atoms with Crippen LogP contribution in [0.2, 0.25) is 0 Å². The molecular weight excluding hydrogens is 345 g/mol. The quantitative estimate of drug-likeness (QED) is 0.849. The van der Waals surface area contributed by atoms with Gasteiger partial charge in [-0.25, -0.2) is 9.18 Å². The van der Waals surface area contributed by atoms with Gasteiger partial charge in [-0.2, -0.15) is 0 Å². The molecule has 1 fully saturated rings. The summed E-state index contributed by atoms with van der Waals surface area (Å²) in [5, 5.41) is 2.98. The van der Waals surface area contributed by atoms with Gasteiger partial charge < -0.3 is 15.0 Å². The fourth-order valence-corrected chi connectivity index (χ4v) is 3.15. The highest BCUT2D eigenvalue weighted by atomic mass is 19.1. The highest BCUT2D eigenvalue weighted by molar-refractivity contribution is 5.74. The van der Waals surface area contributed by atoms with Crippen molar-refractivity contribution in [2.24, 2.45) is 0 Å². The zero-order valence-corrected chi connectivity index (χ0v) is 15.7. The molecule has 0 aliphatic carbocycles. The van der Waals surface area contributed by atoms with Gasteiger partial charge in [0.25, 0.3) is 0 Å². The Morgan fingerprint density at radius 2 is 1.63 bits per heavy atom. The number of piperazine rings is 1. The Kier molecular flexibility index (Phi) is 6.65. The molecule has 1 aliphatic rings. The summed E-state index contributed by atoms with van der Waals surface area (Å²) in [5.74, 6) is 0.606. The number of methoxy groups -OCH3 is 1. The second kappa shape index (κ2) is 9.37. The summed E-state index contributed by atoms with van der Waals surface area (Å²) >= 11 is 0. The van der Waals surface area contributed by atoms with Gasteiger partial charge in [0.05, 0.1) is 7.11 Å². The van der Waals surface area contributed by atoms with Crippen molar-refractivity contribution < 1.29 is 13.9 Å². The largest absolute Gasteiger partial charge is 0.497 e. The van der Waals surface area contributed by atoms with E-state index in [0.29, 0.717) is 6.54 Å². The number of nitrogens with one attached hydrogen (secondary N) is 1. The molecule has 27 heavy (non-hydrogen) atoms. The number of carbonyl (C=O) groups is 1. The van der Waals surface area contributed by atoms with E-state index in [4.69, 9.17) is 4.74 Å². The number of carbonyl (C=O) groups excluding carboxylic acids is 1. The maximum absolute atomic E-state index is 12.9. The molecule has 0 aromatic heterocycles. The topological polar surface area (TPSA) is 44.8 Å². The minimum absolute atomic E-state index is 0.0241. The van der Waals surface area contributed by atoms with Crippen LogP contribution in [0.1, 0.15) is 11.1 Å². The summed E-state index contributed by atoms with van der Waals surface area (Å²) in [7, 11) is 1.64. The lowest BCUT2D eigenvalue weighted by atomic mass is 10.1.